The molecule has 6 N–H and O–H groups in total. The van der Waals surface area contributed by atoms with Gasteiger partial charge in [-0.3, -0.25) is 28.8 Å². The summed E-state index contributed by atoms with van der Waals surface area (Å²) in [5.74, 6) is -0.854. The quantitative estimate of drug-likeness (QED) is 0.0457. The molecular formula is C61H82N8O9S. The number of aromatic nitrogens is 1. The predicted octanol–water partition coefficient (Wildman–Crippen LogP) is 7.25. The van der Waals surface area contributed by atoms with E-state index in [0.29, 0.717) is 30.9 Å². The molecule has 2 aliphatic heterocycles. The van der Waals surface area contributed by atoms with Gasteiger partial charge < -0.3 is 51.0 Å². The van der Waals surface area contributed by atoms with Crippen molar-refractivity contribution in [2.45, 2.75) is 180 Å². The number of aliphatic hydroxyl groups excluding tert-OH is 1. The van der Waals surface area contributed by atoms with Crippen molar-refractivity contribution >= 4 is 46.8 Å². The van der Waals surface area contributed by atoms with Crippen LogP contribution in [-0.2, 0) is 35.2 Å². The lowest BCUT2D eigenvalue weighted by atomic mass is 9.83. The summed E-state index contributed by atoms with van der Waals surface area (Å²) in [4.78, 5) is 92.7. The number of thiazole rings is 1. The van der Waals surface area contributed by atoms with Crippen LogP contribution in [0.4, 0.5) is 0 Å². The van der Waals surface area contributed by atoms with Gasteiger partial charge in [0.1, 0.15) is 41.8 Å². The molecule has 0 radical (unpaired) electrons. The van der Waals surface area contributed by atoms with Crippen LogP contribution < -0.4 is 36.1 Å². The second-order valence-electron chi connectivity index (χ2n) is 23.2. The highest BCUT2D eigenvalue weighted by Crippen LogP contribution is 2.35. The maximum absolute atomic E-state index is 14.9. The first kappa shape index (κ1) is 58.8. The smallest absolute Gasteiger partial charge is 0.246 e. The number of rotatable bonds is 21. The van der Waals surface area contributed by atoms with E-state index in [0.717, 1.165) is 78.6 Å². The lowest BCUT2D eigenvalue weighted by Crippen LogP contribution is -2.58. The van der Waals surface area contributed by atoms with Crippen LogP contribution in [0.5, 0.6) is 11.5 Å². The van der Waals surface area contributed by atoms with Crippen LogP contribution in [0.1, 0.15) is 146 Å². The van der Waals surface area contributed by atoms with Gasteiger partial charge in [0.05, 0.1) is 53.5 Å². The molecule has 79 heavy (non-hydrogen) atoms. The lowest BCUT2D eigenvalue weighted by Gasteiger charge is -2.35. The standard InChI is InChI=1S/C61H82N8O9S/c1-37(40-26-28-43(29-27-40)54-38(2)63-36-79-54)64-57(73)50-31-44(70)34-68(50)60(76)55(61(4,5)6)66-52(71)25-13-14-30-77-45-21-16-22-46(32-45)78-47-33-51(58(74)65-49-24-15-20-41-17-11-12-23-48(41)49)69(35-47)59(75)53(42-18-9-8-10-19-42)67-56(72)39(3)62-7/h11-12,16-17,21-23,26-29,32,36-37,39,42,44,47,49-51,53,55,62,70H,8-10,13-15,18-20,24-25,30-31,33-35H2,1-7H3,(H,64,73)(H,65,74)(H,66,71)(H,67,72). The second-order valence-corrected chi connectivity index (χ2v) is 24.0. The third-order valence-corrected chi connectivity index (χ3v) is 17.3. The van der Waals surface area contributed by atoms with Gasteiger partial charge in [-0.1, -0.05) is 94.6 Å². The van der Waals surface area contributed by atoms with Gasteiger partial charge in [0, 0.05) is 31.9 Å². The number of hydrogen-bond acceptors (Lipinski definition) is 12. The van der Waals surface area contributed by atoms with E-state index in [2.05, 4.69) is 43.7 Å². The van der Waals surface area contributed by atoms with Crippen LogP contribution in [0.3, 0.4) is 0 Å². The number of ether oxygens (including phenoxy) is 2. The Morgan fingerprint density at radius 1 is 0.797 bits per heavy atom. The highest BCUT2D eigenvalue weighted by molar-refractivity contribution is 7.13. The summed E-state index contributed by atoms with van der Waals surface area (Å²) < 4.78 is 12.7. The average Bonchev–Trinajstić information content (AvgIpc) is 4.23. The van der Waals surface area contributed by atoms with Gasteiger partial charge in [-0.25, -0.2) is 4.98 Å². The number of unbranched alkanes of at least 4 members (excludes halogenated alkanes) is 1. The zero-order chi connectivity index (χ0) is 56.4. The van der Waals surface area contributed by atoms with E-state index >= 15 is 0 Å². The molecule has 9 unspecified atom stereocenters. The molecule has 0 bridgehead atoms. The number of hydrogen-bond donors (Lipinski definition) is 6. The van der Waals surface area contributed by atoms with Gasteiger partial charge in [0.15, 0.2) is 0 Å². The molecule has 1 aromatic heterocycles. The molecule has 9 atom stereocenters. The van der Waals surface area contributed by atoms with E-state index in [1.54, 1.807) is 36.3 Å². The fraction of sp³-hybridized carbons (Fsp3) is 0.557. The molecule has 3 heterocycles. The fourth-order valence-electron chi connectivity index (χ4n) is 11.6. The van der Waals surface area contributed by atoms with Crippen molar-refractivity contribution in [1.82, 2.24) is 41.4 Å². The van der Waals surface area contributed by atoms with Crippen LogP contribution in [0.15, 0.2) is 78.3 Å². The number of aliphatic hydroxyl groups is 1. The predicted molar refractivity (Wildman–Crippen MR) is 304 cm³/mol. The Labute approximate surface area is 469 Å². The van der Waals surface area contributed by atoms with Crippen molar-refractivity contribution in [3.05, 3.63) is 101 Å². The minimum absolute atomic E-state index is 0.0224. The SMILES string of the molecule is CNC(C)C(=O)NC(C(=O)N1CC(Oc2cccc(OCCCCC(=O)NC(C(=O)N3CC(O)CC3C(=O)NC(C)c3ccc(-c4scnc4C)cc3)C(C)(C)C)c2)CC1C(=O)NC1CCCc2ccccc21)C1CCCCC1. The Balaban J connectivity index is 0.848. The average molecular weight is 1100 g/mol. The minimum Gasteiger partial charge on any atom is -0.493 e. The molecule has 6 amide bonds. The van der Waals surface area contributed by atoms with E-state index in [1.165, 1.54) is 10.5 Å². The lowest BCUT2D eigenvalue weighted by molar-refractivity contribution is -0.144. The van der Waals surface area contributed by atoms with Crippen molar-refractivity contribution in [3.8, 4) is 21.9 Å². The van der Waals surface area contributed by atoms with Crippen molar-refractivity contribution in [1.29, 1.82) is 0 Å². The van der Waals surface area contributed by atoms with E-state index in [1.807, 2.05) is 94.7 Å². The molecule has 0 spiro atoms. The van der Waals surface area contributed by atoms with Crippen LogP contribution in [0, 0.1) is 18.3 Å². The van der Waals surface area contributed by atoms with Crippen molar-refractivity contribution in [2.24, 2.45) is 11.3 Å². The molecule has 2 aliphatic carbocycles. The largest absolute Gasteiger partial charge is 0.493 e. The summed E-state index contributed by atoms with van der Waals surface area (Å²) in [5, 5.41) is 26.1. The summed E-state index contributed by atoms with van der Waals surface area (Å²) in [6.45, 7) is 11.6. The summed E-state index contributed by atoms with van der Waals surface area (Å²) in [6.07, 6.45) is 7.42. The molecular weight excluding hydrogens is 1020 g/mol. The van der Waals surface area contributed by atoms with Crippen molar-refractivity contribution in [3.63, 3.8) is 0 Å². The monoisotopic (exact) mass is 1100 g/mol. The van der Waals surface area contributed by atoms with Crippen LogP contribution in [0.2, 0.25) is 0 Å². The number of carbonyl (C=O) groups is 6. The number of carbonyl (C=O) groups excluding carboxylic acids is 6. The second kappa shape index (κ2) is 26.7. The number of nitrogens with one attached hydrogen (secondary N) is 5. The third-order valence-electron chi connectivity index (χ3n) is 16.3. The summed E-state index contributed by atoms with van der Waals surface area (Å²) >= 11 is 1.57. The summed E-state index contributed by atoms with van der Waals surface area (Å²) in [6, 6.07) is 18.9. The van der Waals surface area contributed by atoms with Gasteiger partial charge in [-0.15, -0.1) is 11.3 Å². The number of nitrogens with zero attached hydrogens (tertiary/aromatic N) is 3. The maximum Gasteiger partial charge on any atom is 0.246 e. The molecule has 18 heteroatoms. The molecule has 8 rings (SSSR count). The van der Waals surface area contributed by atoms with Gasteiger partial charge in [0.2, 0.25) is 35.4 Å². The molecule has 4 aromatic rings. The maximum atomic E-state index is 14.9. The van der Waals surface area contributed by atoms with Crippen molar-refractivity contribution < 1.29 is 43.3 Å². The summed E-state index contributed by atoms with van der Waals surface area (Å²) in [7, 11) is 1.71. The van der Waals surface area contributed by atoms with E-state index in [4.69, 9.17) is 9.47 Å². The normalized spacial score (nSPS) is 21.9. The zero-order valence-electron chi connectivity index (χ0n) is 47.1. The van der Waals surface area contributed by atoms with E-state index < -0.39 is 53.7 Å². The molecule has 17 nitrogen and oxygen atoms in total. The van der Waals surface area contributed by atoms with Gasteiger partial charge in [-0.05, 0) is 118 Å². The number of amides is 6. The topological polar surface area (TPSA) is 221 Å². The Morgan fingerprint density at radius 3 is 2.24 bits per heavy atom. The number of likely N-dealkylation sites (tertiary alicyclic amines) is 2. The van der Waals surface area contributed by atoms with Gasteiger partial charge in [0.25, 0.3) is 0 Å². The highest BCUT2D eigenvalue weighted by atomic mass is 32.1. The molecule has 3 fully saturated rings. The Bertz CT molecular complexity index is 2760. The summed E-state index contributed by atoms with van der Waals surface area (Å²) in [5.41, 5.74) is 6.33. The number of β-amino-alcohol motifs (C(OH)–C–C–N with tert-alkyl or cyclic N) is 1. The Morgan fingerprint density at radius 2 is 1.52 bits per heavy atom. The number of benzene rings is 3. The van der Waals surface area contributed by atoms with Gasteiger partial charge >= 0.3 is 0 Å². The third kappa shape index (κ3) is 14.9. The van der Waals surface area contributed by atoms with Crippen LogP contribution in [-0.4, -0.2) is 124 Å². The Kier molecular flexibility index (Phi) is 19.9. The van der Waals surface area contributed by atoms with E-state index in [9.17, 15) is 33.9 Å². The number of likely N-dealkylation sites (N-methyl/N-ethyl adjacent to an activating group) is 1. The zero-order valence-corrected chi connectivity index (χ0v) is 47.9. The first-order chi connectivity index (χ1) is 37.9. The van der Waals surface area contributed by atoms with E-state index in [-0.39, 0.29) is 79.9 Å². The molecule has 426 valence electrons. The van der Waals surface area contributed by atoms with Gasteiger partial charge in [-0.2, -0.15) is 0 Å². The molecule has 4 aliphatic rings. The first-order valence-electron chi connectivity index (χ1n) is 28.5. The minimum atomic E-state index is -0.949. The first-order valence-corrected chi connectivity index (χ1v) is 29.4. The fourth-order valence-corrected chi connectivity index (χ4v) is 12.5. The number of aryl methyl sites for hydroxylation is 2. The Hall–Kier alpha value is -6.37. The number of fused-ring (bicyclic) bond motifs is 1. The molecule has 3 aromatic carbocycles. The molecule has 1 saturated carbocycles. The molecule has 2 saturated heterocycles. The van der Waals surface area contributed by atoms with Crippen LogP contribution >= 0.6 is 11.3 Å². The van der Waals surface area contributed by atoms with Crippen LogP contribution in [0.25, 0.3) is 10.4 Å². The highest BCUT2D eigenvalue weighted by Gasteiger charge is 2.47. The van der Waals surface area contributed by atoms with Crippen molar-refractivity contribution in [2.75, 3.05) is 26.7 Å².